The first kappa shape index (κ1) is 19.7. The van der Waals surface area contributed by atoms with Gasteiger partial charge in [0.25, 0.3) is 11.7 Å². The fourth-order valence-corrected chi connectivity index (χ4v) is 3.98. The fourth-order valence-electron chi connectivity index (χ4n) is 2.99. The Bertz CT molecular complexity index is 1260. The number of rotatable bonds is 6. The number of aromatic nitrogens is 2. The number of fused-ring (bicyclic) bond motifs is 1. The lowest BCUT2D eigenvalue weighted by Crippen LogP contribution is -2.26. The molecule has 3 aromatic carbocycles. The summed E-state index contributed by atoms with van der Waals surface area (Å²) in [5.74, 6) is 0.460. The van der Waals surface area contributed by atoms with Crippen LogP contribution < -0.4 is 10.3 Å². The van der Waals surface area contributed by atoms with Crippen LogP contribution in [0.2, 0.25) is 0 Å². The van der Waals surface area contributed by atoms with Crippen LogP contribution >= 0.6 is 0 Å². The zero-order chi connectivity index (χ0) is 21.1. The van der Waals surface area contributed by atoms with Crippen LogP contribution in [-0.2, 0) is 16.6 Å². The summed E-state index contributed by atoms with van der Waals surface area (Å²) in [5, 5.41) is 2.81. The largest absolute Gasteiger partial charge is 0.573 e. The molecule has 7 nitrogen and oxygen atoms in total. The Hall–Kier alpha value is -3.65. The molecule has 0 aliphatic heterocycles. The second-order valence-electron chi connectivity index (χ2n) is 6.88. The van der Waals surface area contributed by atoms with Crippen molar-refractivity contribution in [3.8, 4) is 0 Å². The zero-order valence-corrected chi connectivity index (χ0v) is 17.0. The Kier molecular flexibility index (Phi) is 5.24. The molecule has 4 rings (SSSR count). The number of hydrogen-bond donors (Lipinski definition) is 2. The summed E-state index contributed by atoms with van der Waals surface area (Å²) >= 11 is 0. The Morgan fingerprint density at radius 2 is 1.70 bits per heavy atom. The van der Waals surface area contributed by atoms with Gasteiger partial charge in [-0.2, -0.15) is 0 Å². The van der Waals surface area contributed by atoms with Gasteiger partial charge in [-0.25, -0.2) is 18.4 Å². The van der Waals surface area contributed by atoms with Crippen molar-refractivity contribution in [3.63, 3.8) is 0 Å². The van der Waals surface area contributed by atoms with E-state index in [1.807, 2.05) is 31.2 Å². The molecule has 152 valence electrons. The molecule has 0 spiro atoms. The third-order valence-corrected chi connectivity index (χ3v) is 5.92. The Morgan fingerprint density at radius 3 is 2.40 bits per heavy atom. The number of carbonyl (C=O) groups excluding carboxylic acids is 1. The van der Waals surface area contributed by atoms with E-state index in [0.29, 0.717) is 11.3 Å². The normalized spacial score (nSPS) is 11.4. The Morgan fingerprint density at radius 1 is 1.00 bits per heavy atom. The van der Waals surface area contributed by atoms with Gasteiger partial charge in [-0.1, -0.05) is 42.0 Å². The van der Waals surface area contributed by atoms with Gasteiger partial charge in [-0.15, -0.1) is 5.69 Å². The van der Waals surface area contributed by atoms with Gasteiger partial charge in [-0.3, -0.25) is 4.79 Å². The topological polar surface area (TPSA) is 107 Å². The number of para-hydroxylation sites is 2. The lowest BCUT2D eigenvalue weighted by Gasteiger charge is -2.22. The van der Waals surface area contributed by atoms with Crippen molar-refractivity contribution < 1.29 is 18.2 Å². The molecule has 0 fully saturated rings. The summed E-state index contributed by atoms with van der Waals surface area (Å²) in [6.07, 6.45) is 0. The molecule has 0 unspecified atom stereocenters. The number of imidazole rings is 1. The third-order valence-electron chi connectivity index (χ3n) is 4.60. The summed E-state index contributed by atoms with van der Waals surface area (Å²) < 4.78 is 28.8. The minimum Gasteiger partial charge on any atom is -0.573 e. The van der Waals surface area contributed by atoms with E-state index in [-0.39, 0.29) is 17.3 Å². The van der Waals surface area contributed by atoms with Crippen molar-refractivity contribution in [2.75, 3.05) is 0 Å². The van der Waals surface area contributed by atoms with Crippen LogP contribution in [0.1, 0.15) is 21.7 Å². The molecule has 0 aliphatic carbocycles. The summed E-state index contributed by atoms with van der Waals surface area (Å²) in [5.41, 5.74) is 3.64. The number of nitrogens with zero attached hydrogens (tertiary/aromatic N) is 1. The number of H-pyrrole nitrogens is 2. The average Bonchev–Trinajstić information content (AvgIpc) is 3.17. The highest BCUT2D eigenvalue weighted by molar-refractivity contribution is 7.94. The Labute approximate surface area is 174 Å². The van der Waals surface area contributed by atoms with Crippen molar-refractivity contribution >= 4 is 32.7 Å². The van der Waals surface area contributed by atoms with Crippen LogP contribution in [0.5, 0.6) is 0 Å². The van der Waals surface area contributed by atoms with E-state index in [9.17, 15) is 13.2 Å². The van der Waals surface area contributed by atoms with E-state index in [2.05, 4.69) is 20.0 Å². The molecular formula is C22H20N4O3S. The van der Waals surface area contributed by atoms with E-state index < -0.39 is 10.0 Å². The van der Waals surface area contributed by atoms with Gasteiger partial charge in [0.15, 0.2) is 11.0 Å². The molecule has 1 amide bonds. The smallest absolute Gasteiger partial charge is 0.272 e. The van der Waals surface area contributed by atoms with Crippen molar-refractivity contribution in [2.45, 2.75) is 18.4 Å². The second-order valence-corrected chi connectivity index (χ2v) is 8.49. The van der Waals surface area contributed by atoms with Crippen LogP contribution in [0.4, 0.5) is 5.69 Å². The number of nitrogens with one attached hydrogen (secondary N) is 3. The number of benzene rings is 3. The number of aromatic amines is 2. The molecule has 1 aromatic heterocycles. The summed E-state index contributed by atoms with van der Waals surface area (Å²) in [6, 6.07) is 20.4. The fraction of sp³-hybridized carbons (Fsp3) is 0.0909. The number of amides is 1. The summed E-state index contributed by atoms with van der Waals surface area (Å²) in [4.78, 5) is 18.8. The van der Waals surface area contributed by atoms with Gasteiger partial charge in [0.2, 0.25) is 0 Å². The third kappa shape index (κ3) is 4.33. The van der Waals surface area contributed by atoms with E-state index in [1.165, 1.54) is 24.3 Å². The highest BCUT2D eigenvalue weighted by atomic mass is 32.2. The van der Waals surface area contributed by atoms with E-state index >= 15 is 0 Å². The van der Waals surface area contributed by atoms with Gasteiger partial charge in [0.05, 0.1) is 4.90 Å². The molecular weight excluding hydrogens is 400 g/mol. The van der Waals surface area contributed by atoms with Crippen LogP contribution in [0.15, 0.2) is 77.7 Å². The molecule has 0 bridgehead atoms. The maximum Gasteiger partial charge on any atom is 0.272 e. The van der Waals surface area contributed by atoms with Crippen molar-refractivity contribution in [1.82, 2.24) is 10.3 Å². The van der Waals surface area contributed by atoms with E-state index in [0.717, 1.165) is 22.4 Å². The van der Waals surface area contributed by atoms with Crippen LogP contribution in [-0.4, -0.2) is 19.3 Å². The van der Waals surface area contributed by atoms with Gasteiger partial charge in [-0.05, 0) is 43.3 Å². The molecule has 30 heavy (non-hydrogen) atoms. The molecule has 8 heteroatoms. The minimum absolute atomic E-state index is 0.0311. The second kappa shape index (κ2) is 8.00. The van der Waals surface area contributed by atoms with E-state index in [4.69, 9.17) is 0 Å². The first-order valence-corrected chi connectivity index (χ1v) is 10.8. The summed E-state index contributed by atoms with van der Waals surface area (Å²) in [6.45, 7) is 2.20. The number of aryl methyl sites for hydroxylation is 1. The van der Waals surface area contributed by atoms with Gasteiger partial charge in [0.1, 0.15) is 16.6 Å². The quantitative estimate of drug-likeness (QED) is 0.497. The molecule has 4 aromatic rings. The zero-order valence-electron chi connectivity index (χ0n) is 16.2. The molecule has 3 N–H and O–H groups in total. The van der Waals surface area contributed by atoms with Crippen molar-refractivity contribution in [3.05, 3.63) is 94.5 Å². The number of carbonyl (C=O) groups is 1. The number of sulfonamides is 1. The predicted molar refractivity (Wildman–Crippen MR) is 114 cm³/mol. The van der Waals surface area contributed by atoms with Gasteiger partial charge < -0.3 is 10.0 Å². The molecule has 1 heterocycles. The first-order valence-electron chi connectivity index (χ1n) is 9.32. The van der Waals surface area contributed by atoms with Gasteiger partial charge in [0, 0.05) is 5.56 Å². The highest BCUT2D eigenvalue weighted by Crippen LogP contribution is 2.27. The lowest BCUT2D eigenvalue weighted by molar-refractivity contribution is -0.358. The molecule has 0 aliphatic rings. The minimum atomic E-state index is -3.86. The lowest BCUT2D eigenvalue weighted by atomic mass is 10.2. The van der Waals surface area contributed by atoms with Crippen LogP contribution in [0.3, 0.4) is 0 Å². The van der Waals surface area contributed by atoms with Gasteiger partial charge >= 0.3 is 0 Å². The summed E-state index contributed by atoms with van der Waals surface area (Å²) in [7, 11) is -3.86. The maximum atomic E-state index is 12.5. The molecule has 0 radical (unpaired) electrons. The average molecular weight is 420 g/mol. The van der Waals surface area contributed by atoms with Crippen LogP contribution in [0, 0.1) is 6.92 Å². The highest BCUT2D eigenvalue weighted by Gasteiger charge is 2.13. The van der Waals surface area contributed by atoms with E-state index in [1.54, 1.807) is 24.3 Å². The molecule has 0 saturated heterocycles. The van der Waals surface area contributed by atoms with Crippen molar-refractivity contribution in [1.29, 1.82) is 0 Å². The predicted octanol–water partition coefficient (Wildman–Crippen LogP) is 3.61. The SMILES string of the molecule is Cc1ccc([N-]S(=O)(=O)c2ccc(C(=O)NCc3[nH]c4ccccc4[nH+]3)cc2)cc1. The number of hydrogen-bond acceptors (Lipinski definition) is 3. The molecule has 0 saturated carbocycles. The standard InChI is InChI=1S/C22H19N4O3S/c1-15-6-10-17(11-7-15)26-30(28,29)18-12-8-16(9-13-18)22(27)23-14-21-24-19-4-2-3-5-20(19)25-21/h2-13H,14H2,1H3,(H,23,27)(H,24,25)/q-1/p+1. The monoisotopic (exact) mass is 420 g/mol. The molecule has 0 atom stereocenters. The van der Waals surface area contributed by atoms with Crippen molar-refractivity contribution in [2.24, 2.45) is 0 Å². The maximum absolute atomic E-state index is 12.5. The van der Waals surface area contributed by atoms with Crippen LogP contribution in [0.25, 0.3) is 15.8 Å². The Balaban J connectivity index is 1.41. The first-order chi connectivity index (χ1) is 14.4.